The van der Waals surface area contributed by atoms with Crippen molar-refractivity contribution >= 4 is 16.7 Å². The zero-order chi connectivity index (χ0) is 14.9. The van der Waals surface area contributed by atoms with E-state index in [9.17, 15) is 0 Å². The molecule has 0 radical (unpaired) electrons. The molecule has 112 valence electrons. The summed E-state index contributed by atoms with van der Waals surface area (Å²) in [6.45, 7) is 7.47. The third-order valence-electron chi connectivity index (χ3n) is 5.16. The van der Waals surface area contributed by atoms with Crippen LogP contribution in [0.2, 0.25) is 0 Å². The molecule has 0 aliphatic carbocycles. The molecular weight excluding hydrogens is 258 g/mol. The summed E-state index contributed by atoms with van der Waals surface area (Å²) in [5, 5.41) is 1.18. The number of benzene rings is 1. The molecule has 1 saturated heterocycles. The zero-order valence-electron chi connectivity index (χ0n) is 13.1. The number of aromatic nitrogens is 1. The summed E-state index contributed by atoms with van der Waals surface area (Å²) < 4.78 is 0. The summed E-state index contributed by atoms with van der Waals surface area (Å²) in [6.07, 6.45) is 3.76. The SMILES string of the molecule is CCC1(C)CCN(c2cc(CN)c3ccccc3n2)CC1. The van der Waals surface area contributed by atoms with E-state index in [4.69, 9.17) is 10.7 Å². The Bertz CT molecular complexity index is 627. The molecule has 3 rings (SSSR count). The second-order valence-electron chi connectivity index (χ2n) is 6.51. The van der Waals surface area contributed by atoms with Gasteiger partial charge < -0.3 is 10.6 Å². The highest BCUT2D eigenvalue weighted by Gasteiger charge is 2.28. The van der Waals surface area contributed by atoms with Crippen molar-refractivity contribution in [2.45, 2.75) is 39.7 Å². The van der Waals surface area contributed by atoms with Crippen molar-refractivity contribution < 1.29 is 0 Å². The number of para-hydroxylation sites is 1. The molecule has 0 atom stereocenters. The van der Waals surface area contributed by atoms with Crippen LogP contribution in [-0.4, -0.2) is 18.1 Å². The summed E-state index contributed by atoms with van der Waals surface area (Å²) in [6, 6.07) is 10.5. The van der Waals surface area contributed by atoms with Crippen LogP contribution in [0.3, 0.4) is 0 Å². The van der Waals surface area contributed by atoms with Gasteiger partial charge in [0.05, 0.1) is 5.52 Å². The first-order valence-electron chi connectivity index (χ1n) is 7.99. The normalized spacial score (nSPS) is 18.1. The van der Waals surface area contributed by atoms with Crippen LogP contribution in [0.25, 0.3) is 10.9 Å². The first kappa shape index (κ1) is 14.3. The average Bonchev–Trinajstić information content (AvgIpc) is 2.54. The molecule has 2 aromatic rings. The largest absolute Gasteiger partial charge is 0.357 e. The molecule has 0 bridgehead atoms. The van der Waals surface area contributed by atoms with Crippen molar-refractivity contribution in [3.63, 3.8) is 0 Å². The maximum atomic E-state index is 5.93. The summed E-state index contributed by atoms with van der Waals surface area (Å²) in [7, 11) is 0. The molecule has 1 aliphatic rings. The molecule has 0 unspecified atom stereocenters. The first-order chi connectivity index (χ1) is 10.1. The van der Waals surface area contributed by atoms with Gasteiger partial charge in [0.1, 0.15) is 5.82 Å². The van der Waals surface area contributed by atoms with Gasteiger partial charge in [0.25, 0.3) is 0 Å². The molecule has 3 heteroatoms. The Kier molecular flexibility index (Phi) is 3.85. The lowest BCUT2D eigenvalue weighted by molar-refractivity contribution is 0.238. The molecule has 1 aromatic heterocycles. The summed E-state index contributed by atoms with van der Waals surface area (Å²) in [5.41, 5.74) is 8.69. The smallest absolute Gasteiger partial charge is 0.129 e. The van der Waals surface area contributed by atoms with E-state index in [0.29, 0.717) is 12.0 Å². The molecule has 0 spiro atoms. The van der Waals surface area contributed by atoms with Gasteiger partial charge in [0.15, 0.2) is 0 Å². The van der Waals surface area contributed by atoms with E-state index in [1.165, 1.54) is 30.2 Å². The second-order valence-corrected chi connectivity index (χ2v) is 6.51. The molecule has 2 N–H and O–H groups in total. The minimum absolute atomic E-state index is 0.504. The number of nitrogens with two attached hydrogens (primary N) is 1. The van der Waals surface area contributed by atoms with Gasteiger partial charge in [-0.25, -0.2) is 4.98 Å². The Morgan fingerprint density at radius 1 is 1.24 bits per heavy atom. The number of pyridine rings is 1. The minimum atomic E-state index is 0.504. The molecule has 1 fully saturated rings. The van der Waals surface area contributed by atoms with Crippen molar-refractivity contribution in [2.75, 3.05) is 18.0 Å². The Labute approximate surface area is 127 Å². The lowest BCUT2D eigenvalue weighted by Crippen LogP contribution is -2.38. The number of nitrogens with zero attached hydrogens (tertiary/aromatic N) is 2. The van der Waals surface area contributed by atoms with E-state index in [2.05, 4.69) is 43.0 Å². The lowest BCUT2D eigenvalue weighted by atomic mass is 9.78. The standard InChI is InChI=1S/C18H25N3/c1-3-18(2)8-10-21(11-9-18)17-12-14(13-19)15-6-4-5-7-16(15)20-17/h4-7,12H,3,8-11,13,19H2,1-2H3. The van der Waals surface area contributed by atoms with Gasteiger partial charge in [0.2, 0.25) is 0 Å². The number of rotatable bonds is 3. The summed E-state index contributed by atoms with van der Waals surface area (Å²) >= 11 is 0. The van der Waals surface area contributed by atoms with Crippen molar-refractivity contribution in [3.05, 3.63) is 35.9 Å². The predicted molar refractivity (Wildman–Crippen MR) is 89.5 cm³/mol. The van der Waals surface area contributed by atoms with Gasteiger partial charge in [-0.1, -0.05) is 38.5 Å². The predicted octanol–water partition coefficient (Wildman–Crippen LogP) is 3.71. The maximum Gasteiger partial charge on any atom is 0.129 e. The highest BCUT2D eigenvalue weighted by atomic mass is 15.2. The number of fused-ring (bicyclic) bond motifs is 1. The number of anilines is 1. The van der Waals surface area contributed by atoms with E-state index in [0.717, 1.165) is 24.4 Å². The van der Waals surface area contributed by atoms with Crippen LogP contribution in [0, 0.1) is 5.41 Å². The number of hydrogen-bond donors (Lipinski definition) is 1. The van der Waals surface area contributed by atoms with Crippen molar-refractivity contribution in [1.29, 1.82) is 0 Å². The van der Waals surface area contributed by atoms with E-state index in [1.807, 2.05) is 6.07 Å². The number of piperidine rings is 1. The second kappa shape index (κ2) is 5.64. The molecule has 3 nitrogen and oxygen atoms in total. The Hall–Kier alpha value is -1.61. The highest BCUT2D eigenvalue weighted by Crippen LogP contribution is 2.35. The Morgan fingerprint density at radius 3 is 2.62 bits per heavy atom. The van der Waals surface area contributed by atoms with Gasteiger partial charge in [-0.3, -0.25) is 0 Å². The van der Waals surface area contributed by atoms with E-state index < -0.39 is 0 Å². The molecule has 1 aromatic carbocycles. The molecule has 2 heterocycles. The third-order valence-corrected chi connectivity index (χ3v) is 5.16. The third kappa shape index (κ3) is 2.75. The minimum Gasteiger partial charge on any atom is -0.357 e. The highest BCUT2D eigenvalue weighted by molar-refractivity contribution is 5.84. The summed E-state index contributed by atoms with van der Waals surface area (Å²) in [4.78, 5) is 7.27. The number of hydrogen-bond acceptors (Lipinski definition) is 3. The van der Waals surface area contributed by atoms with Crippen LogP contribution in [0.5, 0.6) is 0 Å². The van der Waals surface area contributed by atoms with Crippen molar-refractivity contribution in [2.24, 2.45) is 11.1 Å². The summed E-state index contributed by atoms with van der Waals surface area (Å²) in [5.74, 6) is 1.09. The van der Waals surface area contributed by atoms with E-state index in [1.54, 1.807) is 0 Å². The van der Waals surface area contributed by atoms with Crippen LogP contribution < -0.4 is 10.6 Å². The average molecular weight is 283 g/mol. The molecule has 1 aliphatic heterocycles. The fourth-order valence-electron chi connectivity index (χ4n) is 3.19. The monoisotopic (exact) mass is 283 g/mol. The van der Waals surface area contributed by atoms with Gasteiger partial charge in [-0.15, -0.1) is 0 Å². The van der Waals surface area contributed by atoms with Gasteiger partial charge >= 0.3 is 0 Å². The maximum absolute atomic E-state index is 5.93. The topological polar surface area (TPSA) is 42.1 Å². The van der Waals surface area contributed by atoms with Crippen LogP contribution in [0.1, 0.15) is 38.7 Å². The van der Waals surface area contributed by atoms with Crippen LogP contribution >= 0.6 is 0 Å². The first-order valence-corrected chi connectivity index (χ1v) is 7.99. The van der Waals surface area contributed by atoms with E-state index in [-0.39, 0.29) is 0 Å². The fraction of sp³-hybridized carbons (Fsp3) is 0.500. The Morgan fingerprint density at radius 2 is 1.95 bits per heavy atom. The van der Waals surface area contributed by atoms with Gasteiger partial charge in [-0.2, -0.15) is 0 Å². The van der Waals surface area contributed by atoms with Crippen LogP contribution in [0.4, 0.5) is 5.82 Å². The molecular formula is C18H25N3. The lowest BCUT2D eigenvalue weighted by Gasteiger charge is -2.39. The zero-order valence-corrected chi connectivity index (χ0v) is 13.1. The van der Waals surface area contributed by atoms with Gasteiger partial charge in [-0.05, 0) is 36.0 Å². The quantitative estimate of drug-likeness (QED) is 0.933. The van der Waals surface area contributed by atoms with Gasteiger partial charge in [0, 0.05) is 25.0 Å². The van der Waals surface area contributed by atoms with Crippen molar-refractivity contribution in [1.82, 2.24) is 4.98 Å². The van der Waals surface area contributed by atoms with Crippen molar-refractivity contribution in [3.8, 4) is 0 Å². The van der Waals surface area contributed by atoms with Crippen LogP contribution in [0.15, 0.2) is 30.3 Å². The molecule has 0 saturated carbocycles. The van der Waals surface area contributed by atoms with Crippen LogP contribution in [-0.2, 0) is 6.54 Å². The fourth-order valence-corrected chi connectivity index (χ4v) is 3.19. The molecule has 0 amide bonds. The van der Waals surface area contributed by atoms with E-state index >= 15 is 0 Å². The Balaban J connectivity index is 1.91. The molecule has 21 heavy (non-hydrogen) atoms.